The van der Waals surface area contributed by atoms with Crippen molar-refractivity contribution >= 4 is 17.3 Å². The van der Waals surface area contributed by atoms with Crippen LogP contribution in [0.5, 0.6) is 0 Å². The third kappa shape index (κ3) is 3.78. The number of rotatable bonds is 7. The maximum atomic E-state index is 6.38. The van der Waals surface area contributed by atoms with Gasteiger partial charge in [0, 0.05) is 25.7 Å². The van der Waals surface area contributed by atoms with Crippen molar-refractivity contribution in [2.45, 2.75) is 26.4 Å². The van der Waals surface area contributed by atoms with E-state index < -0.39 is 0 Å². The molecule has 2 aromatic rings. The maximum Gasteiger partial charge on any atom is 0.0952 e. The Bertz CT molecular complexity index is 525. The van der Waals surface area contributed by atoms with Crippen LogP contribution in [-0.4, -0.2) is 13.6 Å². The average Bonchev–Trinajstić information content (AvgIpc) is 2.92. The van der Waals surface area contributed by atoms with Crippen LogP contribution in [-0.2, 0) is 13.1 Å². The summed E-state index contributed by atoms with van der Waals surface area (Å²) in [5.74, 6) is 0. The van der Waals surface area contributed by atoms with E-state index in [1.165, 1.54) is 5.56 Å². The minimum atomic E-state index is 0.779. The Balaban J connectivity index is 2.15. The molecule has 1 N–H and O–H groups in total. The Labute approximate surface area is 125 Å². The summed E-state index contributed by atoms with van der Waals surface area (Å²) in [6.45, 7) is 4.79. The van der Waals surface area contributed by atoms with Crippen LogP contribution < -0.4 is 10.2 Å². The van der Waals surface area contributed by atoms with Crippen LogP contribution in [0.4, 0.5) is 5.69 Å². The average molecular weight is 293 g/mol. The summed E-state index contributed by atoms with van der Waals surface area (Å²) in [7, 11) is 2.05. The number of nitrogens with zero attached hydrogens (tertiary/aromatic N) is 1. The fourth-order valence-electron chi connectivity index (χ4n) is 2.27. The van der Waals surface area contributed by atoms with Crippen LogP contribution in [0.3, 0.4) is 0 Å². The second kappa shape index (κ2) is 7.36. The molecule has 0 unspecified atom stereocenters. The third-order valence-electron chi connectivity index (χ3n) is 3.19. The molecule has 0 atom stereocenters. The molecule has 0 radical (unpaired) electrons. The van der Waals surface area contributed by atoms with Crippen molar-refractivity contribution in [2.24, 2.45) is 0 Å². The predicted molar refractivity (Wildman–Crippen MR) is 84.3 cm³/mol. The Kier molecular flexibility index (Phi) is 5.50. The number of benzene rings is 1. The first-order chi connectivity index (χ1) is 9.72. The molecule has 0 aliphatic carbocycles. The summed E-state index contributed by atoms with van der Waals surface area (Å²) in [6.07, 6.45) is 4.59. The minimum Gasteiger partial charge on any atom is -0.472 e. The fraction of sp³-hybridized carbons (Fsp3) is 0.375. The lowest BCUT2D eigenvalue weighted by molar-refractivity contribution is 0.563. The molecule has 1 aromatic heterocycles. The van der Waals surface area contributed by atoms with Crippen LogP contribution >= 0.6 is 11.6 Å². The van der Waals surface area contributed by atoms with Crippen molar-refractivity contribution in [3.05, 3.63) is 52.9 Å². The summed E-state index contributed by atoms with van der Waals surface area (Å²) >= 11 is 6.38. The van der Waals surface area contributed by atoms with E-state index in [4.69, 9.17) is 16.0 Å². The standard InChI is InChI=1S/C16H21ClN2O/c1-3-8-18-10-14-5-4-6-15(17)16(14)19(2)11-13-7-9-20-12-13/h4-7,9,12,18H,3,8,10-11H2,1-2H3. The number of hydrogen-bond donors (Lipinski definition) is 1. The second-order valence-electron chi connectivity index (χ2n) is 4.91. The molecule has 0 fully saturated rings. The van der Waals surface area contributed by atoms with Gasteiger partial charge in [-0.25, -0.2) is 0 Å². The topological polar surface area (TPSA) is 28.4 Å². The summed E-state index contributed by atoms with van der Waals surface area (Å²) in [5, 5.41) is 4.21. The minimum absolute atomic E-state index is 0.779. The SMILES string of the molecule is CCCNCc1cccc(Cl)c1N(C)Cc1ccoc1. The van der Waals surface area contributed by atoms with Gasteiger partial charge in [0.2, 0.25) is 0 Å². The van der Waals surface area contributed by atoms with Crippen LogP contribution in [0.25, 0.3) is 0 Å². The van der Waals surface area contributed by atoms with E-state index in [-0.39, 0.29) is 0 Å². The van der Waals surface area contributed by atoms with Crippen molar-refractivity contribution in [2.75, 3.05) is 18.5 Å². The summed E-state index contributed by atoms with van der Waals surface area (Å²) in [6, 6.07) is 8.03. The molecule has 3 nitrogen and oxygen atoms in total. The van der Waals surface area contributed by atoms with Gasteiger partial charge in [-0.3, -0.25) is 0 Å². The molecule has 0 aliphatic rings. The van der Waals surface area contributed by atoms with E-state index in [0.717, 1.165) is 42.3 Å². The normalized spacial score (nSPS) is 10.8. The predicted octanol–water partition coefficient (Wildman–Crippen LogP) is 4.07. The first-order valence-electron chi connectivity index (χ1n) is 6.92. The molecular formula is C16H21ClN2O. The Morgan fingerprint density at radius 2 is 2.15 bits per heavy atom. The van der Waals surface area contributed by atoms with Gasteiger partial charge in [-0.2, -0.15) is 0 Å². The molecule has 1 aromatic carbocycles. The fourth-order valence-corrected chi connectivity index (χ4v) is 2.60. The van der Waals surface area contributed by atoms with Crippen LogP contribution in [0.15, 0.2) is 41.2 Å². The van der Waals surface area contributed by atoms with Crippen molar-refractivity contribution < 1.29 is 4.42 Å². The third-order valence-corrected chi connectivity index (χ3v) is 3.50. The maximum absolute atomic E-state index is 6.38. The zero-order valence-electron chi connectivity index (χ0n) is 12.0. The van der Waals surface area contributed by atoms with E-state index in [0.29, 0.717) is 0 Å². The summed E-state index contributed by atoms with van der Waals surface area (Å²) in [4.78, 5) is 2.16. The van der Waals surface area contributed by atoms with Crippen LogP contribution in [0.1, 0.15) is 24.5 Å². The molecular weight excluding hydrogens is 272 g/mol. The lowest BCUT2D eigenvalue weighted by Crippen LogP contribution is -2.21. The number of halogens is 1. The zero-order chi connectivity index (χ0) is 14.4. The van der Waals surface area contributed by atoms with E-state index in [2.05, 4.69) is 30.3 Å². The molecule has 0 amide bonds. The van der Waals surface area contributed by atoms with Crippen molar-refractivity contribution in [3.8, 4) is 0 Å². The van der Waals surface area contributed by atoms with Crippen LogP contribution in [0.2, 0.25) is 5.02 Å². The molecule has 4 heteroatoms. The number of hydrogen-bond acceptors (Lipinski definition) is 3. The molecule has 0 saturated heterocycles. The van der Waals surface area contributed by atoms with E-state index in [9.17, 15) is 0 Å². The van der Waals surface area contributed by atoms with Gasteiger partial charge >= 0.3 is 0 Å². The highest BCUT2D eigenvalue weighted by atomic mass is 35.5. The number of furan rings is 1. The summed E-state index contributed by atoms with van der Waals surface area (Å²) in [5.41, 5.74) is 3.44. The highest BCUT2D eigenvalue weighted by Crippen LogP contribution is 2.30. The molecule has 0 bridgehead atoms. The molecule has 2 rings (SSSR count). The molecule has 0 spiro atoms. The lowest BCUT2D eigenvalue weighted by Gasteiger charge is -2.23. The number of para-hydroxylation sites is 1. The van der Waals surface area contributed by atoms with Gasteiger partial charge in [-0.1, -0.05) is 30.7 Å². The number of anilines is 1. The van der Waals surface area contributed by atoms with Crippen molar-refractivity contribution in [1.29, 1.82) is 0 Å². The zero-order valence-corrected chi connectivity index (χ0v) is 12.8. The van der Waals surface area contributed by atoms with Crippen LogP contribution in [0, 0.1) is 0 Å². The molecule has 108 valence electrons. The van der Waals surface area contributed by atoms with Crippen molar-refractivity contribution in [3.63, 3.8) is 0 Å². The van der Waals surface area contributed by atoms with Gasteiger partial charge < -0.3 is 14.6 Å². The largest absolute Gasteiger partial charge is 0.472 e. The molecule has 1 heterocycles. The summed E-state index contributed by atoms with van der Waals surface area (Å²) < 4.78 is 5.12. The van der Waals surface area contributed by atoms with Gasteiger partial charge in [-0.05, 0) is 30.7 Å². The first kappa shape index (κ1) is 14.9. The lowest BCUT2D eigenvalue weighted by atomic mass is 10.1. The van der Waals surface area contributed by atoms with Gasteiger partial charge in [0.05, 0.1) is 23.2 Å². The van der Waals surface area contributed by atoms with Crippen molar-refractivity contribution in [1.82, 2.24) is 5.32 Å². The van der Waals surface area contributed by atoms with Gasteiger partial charge in [0.25, 0.3) is 0 Å². The molecule has 20 heavy (non-hydrogen) atoms. The number of nitrogens with one attached hydrogen (secondary N) is 1. The van der Waals surface area contributed by atoms with Gasteiger partial charge in [-0.15, -0.1) is 0 Å². The monoisotopic (exact) mass is 292 g/mol. The van der Waals surface area contributed by atoms with Gasteiger partial charge in [0.15, 0.2) is 0 Å². The highest BCUT2D eigenvalue weighted by Gasteiger charge is 2.12. The Morgan fingerprint density at radius 1 is 1.30 bits per heavy atom. The van der Waals surface area contributed by atoms with E-state index in [1.54, 1.807) is 12.5 Å². The van der Waals surface area contributed by atoms with E-state index >= 15 is 0 Å². The quantitative estimate of drug-likeness (QED) is 0.780. The molecule has 0 aliphatic heterocycles. The first-order valence-corrected chi connectivity index (χ1v) is 7.30. The smallest absolute Gasteiger partial charge is 0.0952 e. The molecule has 0 saturated carbocycles. The highest BCUT2D eigenvalue weighted by molar-refractivity contribution is 6.33. The second-order valence-corrected chi connectivity index (χ2v) is 5.32. The van der Waals surface area contributed by atoms with E-state index in [1.807, 2.05) is 18.2 Å². The van der Waals surface area contributed by atoms with Gasteiger partial charge in [0.1, 0.15) is 0 Å². The Morgan fingerprint density at radius 3 is 2.85 bits per heavy atom. The Hall–Kier alpha value is -1.45.